The predicted molar refractivity (Wildman–Crippen MR) is 113 cm³/mol. The van der Waals surface area contributed by atoms with Gasteiger partial charge < -0.3 is 15.5 Å². The number of oxazole rings is 1. The van der Waals surface area contributed by atoms with Crippen LogP contribution >= 0.6 is 0 Å². The summed E-state index contributed by atoms with van der Waals surface area (Å²) in [6, 6.07) is 14.9. The quantitative estimate of drug-likeness (QED) is 0.452. The van der Waals surface area contributed by atoms with Crippen LogP contribution in [0.4, 0.5) is 13.2 Å². The molecule has 2 amide bonds. The third-order valence-electron chi connectivity index (χ3n) is 4.81. The third kappa shape index (κ3) is 4.62. The van der Waals surface area contributed by atoms with E-state index in [1.807, 2.05) is 0 Å². The van der Waals surface area contributed by atoms with Gasteiger partial charge in [-0.15, -0.1) is 0 Å². The summed E-state index contributed by atoms with van der Waals surface area (Å²) in [7, 11) is 0. The maximum atomic E-state index is 14.1. The Bertz CT molecular complexity index is 1310. The predicted octanol–water partition coefficient (Wildman–Crippen LogP) is 4.45. The summed E-state index contributed by atoms with van der Waals surface area (Å²) in [6.07, 6.45) is 0. The molecule has 1 heterocycles. The molecule has 6 nitrogen and oxygen atoms in total. The van der Waals surface area contributed by atoms with E-state index in [4.69, 9.17) is 10.2 Å². The molecule has 3 N–H and O–H groups in total. The first kappa shape index (κ1) is 21.8. The van der Waals surface area contributed by atoms with Gasteiger partial charge in [0, 0.05) is 17.7 Å². The second-order valence-corrected chi connectivity index (χ2v) is 7.04. The molecule has 0 aliphatic heterocycles. The van der Waals surface area contributed by atoms with Crippen LogP contribution in [0.3, 0.4) is 0 Å². The SMILES string of the molecule is NC(=O)c1nc(-c2c(F)cccc2F)oc1-c1ccc(CNC(=O)c2ccc(F)cc2)cc1. The second kappa shape index (κ2) is 8.99. The summed E-state index contributed by atoms with van der Waals surface area (Å²) < 4.78 is 46.7. The Morgan fingerprint density at radius 3 is 2.15 bits per heavy atom. The zero-order chi connectivity index (χ0) is 23.5. The van der Waals surface area contributed by atoms with Crippen molar-refractivity contribution in [2.75, 3.05) is 0 Å². The molecule has 0 fully saturated rings. The smallest absolute Gasteiger partial charge is 0.271 e. The van der Waals surface area contributed by atoms with Gasteiger partial charge in [-0.25, -0.2) is 18.2 Å². The zero-order valence-corrected chi connectivity index (χ0v) is 16.9. The number of benzene rings is 3. The summed E-state index contributed by atoms with van der Waals surface area (Å²) in [5, 5.41) is 2.71. The van der Waals surface area contributed by atoms with Crippen molar-refractivity contribution < 1.29 is 27.2 Å². The number of nitrogens with zero attached hydrogens (tertiary/aromatic N) is 1. The number of carbonyl (C=O) groups excluding carboxylic acids is 2. The van der Waals surface area contributed by atoms with Crippen LogP contribution in [-0.4, -0.2) is 16.8 Å². The lowest BCUT2D eigenvalue weighted by atomic mass is 10.1. The van der Waals surface area contributed by atoms with Crippen LogP contribution in [0.25, 0.3) is 22.8 Å². The molecule has 0 spiro atoms. The van der Waals surface area contributed by atoms with Gasteiger partial charge in [0.1, 0.15) is 23.0 Å². The summed E-state index contributed by atoms with van der Waals surface area (Å²) in [4.78, 5) is 27.9. The lowest BCUT2D eigenvalue weighted by Crippen LogP contribution is -2.22. The molecule has 0 atom stereocenters. The van der Waals surface area contributed by atoms with Gasteiger partial charge in [-0.1, -0.05) is 30.3 Å². The van der Waals surface area contributed by atoms with Gasteiger partial charge in [-0.2, -0.15) is 0 Å². The van der Waals surface area contributed by atoms with Gasteiger partial charge >= 0.3 is 0 Å². The van der Waals surface area contributed by atoms with Crippen LogP contribution < -0.4 is 11.1 Å². The fraction of sp³-hybridized carbons (Fsp3) is 0.0417. The fourth-order valence-electron chi connectivity index (χ4n) is 3.15. The molecule has 4 aromatic rings. The largest absolute Gasteiger partial charge is 0.435 e. The number of nitrogens with one attached hydrogen (secondary N) is 1. The zero-order valence-electron chi connectivity index (χ0n) is 16.9. The number of amides is 2. The minimum atomic E-state index is -0.924. The maximum Gasteiger partial charge on any atom is 0.271 e. The molecule has 0 unspecified atom stereocenters. The van der Waals surface area contributed by atoms with Crippen LogP contribution in [0.15, 0.2) is 71.1 Å². The lowest BCUT2D eigenvalue weighted by Gasteiger charge is -2.06. The topological polar surface area (TPSA) is 98.2 Å². The Morgan fingerprint density at radius 1 is 0.909 bits per heavy atom. The van der Waals surface area contributed by atoms with Crippen LogP contribution in [-0.2, 0) is 6.54 Å². The lowest BCUT2D eigenvalue weighted by molar-refractivity contribution is 0.0949. The minimum absolute atomic E-state index is 0.0398. The fourth-order valence-corrected chi connectivity index (χ4v) is 3.15. The molecule has 166 valence electrons. The highest BCUT2D eigenvalue weighted by atomic mass is 19.1. The standard InChI is InChI=1S/C24H16F3N3O3/c25-16-10-8-15(9-11-16)23(32)29-12-13-4-6-14(7-5-13)21-20(22(28)31)30-24(33-21)19-17(26)2-1-3-18(19)27/h1-11H,12H2,(H2,28,31)(H,29,32). The highest BCUT2D eigenvalue weighted by Crippen LogP contribution is 2.32. The van der Waals surface area contributed by atoms with Crippen LogP contribution in [0, 0.1) is 17.5 Å². The molecule has 0 saturated heterocycles. The molecule has 4 rings (SSSR count). The molecule has 0 saturated carbocycles. The van der Waals surface area contributed by atoms with E-state index in [9.17, 15) is 22.8 Å². The van der Waals surface area contributed by atoms with E-state index < -0.39 is 34.8 Å². The van der Waals surface area contributed by atoms with Crippen LogP contribution in [0.2, 0.25) is 0 Å². The van der Waals surface area contributed by atoms with Crippen molar-refractivity contribution in [3.63, 3.8) is 0 Å². The number of hydrogen-bond donors (Lipinski definition) is 2. The van der Waals surface area contributed by atoms with Crippen molar-refractivity contribution >= 4 is 11.8 Å². The van der Waals surface area contributed by atoms with Crippen molar-refractivity contribution in [1.82, 2.24) is 10.3 Å². The number of halogens is 3. The first-order valence-electron chi connectivity index (χ1n) is 9.71. The minimum Gasteiger partial charge on any atom is -0.435 e. The van der Waals surface area contributed by atoms with Crippen molar-refractivity contribution in [2.45, 2.75) is 6.54 Å². The Kier molecular flexibility index (Phi) is 5.95. The molecule has 0 radical (unpaired) electrons. The Hall–Kier alpha value is -4.40. The van der Waals surface area contributed by atoms with Gasteiger partial charge in [0.15, 0.2) is 11.5 Å². The van der Waals surface area contributed by atoms with E-state index in [-0.39, 0.29) is 23.9 Å². The summed E-state index contributed by atoms with van der Waals surface area (Å²) in [5.41, 5.74) is 6.02. The number of carbonyl (C=O) groups is 2. The van der Waals surface area contributed by atoms with Crippen LogP contribution in [0.1, 0.15) is 26.4 Å². The average Bonchev–Trinajstić information content (AvgIpc) is 3.23. The Morgan fingerprint density at radius 2 is 1.55 bits per heavy atom. The highest BCUT2D eigenvalue weighted by molar-refractivity contribution is 5.97. The van der Waals surface area contributed by atoms with Gasteiger partial charge in [0.2, 0.25) is 5.89 Å². The van der Waals surface area contributed by atoms with E-state index in [1.54, 1.807) is 24.3 Å². The van der Waals surface area contributed by atoms with Gasteiger partial charge in [0.05, 0.1) is 0 Å². The summed E-state index contributed by atoms with van der Waals surface area (Å²) in [6.45, 7) is 0.182. The van der Waals surface area contributed by atoms with E-state index in [0.29, 0.717) is 11.1 Å². The van der Waals surface area contributed by atoms with Gasteiger partial charge in [0.25, 0.3) is 11.8 Å². The molecule has 9 heteroatoms. The monoisotopic (exact) mass is 451 g/mol. The summed E-state index contributed by atoms with van der Waals surface area (Å²) in [5.74, 6) is -3.98. The van der Waals surface area contributed by atoms with Crippen molar-refractivity contribution in [1.29, 1.82) is 0 Å². The number of nitrogens with two attached hydrogens (primary N) is 1. The molecule has 3 aromatic carbocycles. The number of rotatable bonds is 6. The van der Waals surface area contributed by atoms with Crippen molar-refractivity contribution in [3.8, 4) is 22.8 Å². The first-order valence-corrected chi connectivity index (χ1v) is 9.71. The highest BCUT2D eigenvalue weighted by Gasteiger charge is 2.24. The molecule has 1 aromatic heterocycles. The third-order valence-corrected chi connectivity index (χ3v) is 4.81. The Balaban J connectivity index is 1.56. The number of hydrogen-bond acceptors (Lipinski definition) is 4. The van der Waals surface area contributed by atoms with Crippen molar-refractivity contribution in [2.24, 2.45) is 5.73 Å². The summed E-state index contributed by atoms with van der Waals surface area (Å²) >= 11 is 0. The van der Waals surface area contributed by atoms with E-state index in [2.05, 4.69) is 10.3 Å². The molecule has 33 heavy (non-hydrogen) atoms. The first-order chi connectivity index (χ1) is 15.8. The van der Waals surface area contributed by atoms with E-state index in [1.165, 1.54) is 30.3 Å². The molecule has 0 bridgehead atoms. The van der Waals surface area contributed by atoms with Gasteiger partial charge in [-0.3, -0.25) is 9.59 Å². The van der Waals surface area contributed by atoms with Crippen LogP contribution in [0.5, 0.6) is 0 Å². The Labute approximate surface area is 185 Å². The van der Waals surface area contributed by atoms with Crippen molar-refractivity contribution in [3.05, 3.63) is 101 Å². The molecule has 0 aliphatic carbocycles. The van der Waals surface area contributed by atoms with Gasteiger partial charge in [-0.05, 0) is 42.0 Å². The number of aromatic nitrogens is 1. The molecule has 0 aliphatic rings. The molecular weight excluding hydrogens is 435 g/mol. The number of primary amides is 1. The molecular formula is C24H16F3N3O3. The normalized spacial score (nSPS) is 10.8. The average molecular weight is 451 g/mol. The maximum absolute atomic E-state index is 14.1. The second-order valence-electron chi connectivity index (χ2n) is 7.04. The van der Waals surface area contributed by atoms with E-state index >= 15 is 0 Å². The van der Waals surface area contributed by atoms with E-state index in [0.717, 1.165) is 17.7 Å².